The van der Waals surface area contributed by atoms with Gasteiger partial charge in [0.25, 0.3) is 0 Å². The lowest BCUT2D eigenvalue weighted by atomic mass is 10.2. The molecule has 0 atom stereocenters. The third-order valence-corrected chi connectivity index (χ3v) is 5.87. The Bertz CT molecular complexity index is 996. The molecular formula is C20H21FN4O2S. The van der Waals surface area contributed by atoms with Gasteiger partial charge in [0, 0.05) is 25.2 Å². The lowest BCUT2D eigenvalue weighted by Crippen LogP contribution is -2.34. The van der Waals surface area contributed by atoms with E-state index in [2.05, 4.69) is 10.2 Å². The minimum atomic E-state index is -0.276. The first-order chi connectivity index (χ1) is 13.5. The van der Waals surface area contributed by atoms with Crippen molar-refractivity contribution in [1.29, 1.82) is 0 Å². The van der Waals surface area contributed by atoms with Crippen molar-refractivity contribution >= 4 is 17.7 Å². The third kappa shape index (κ3) is 3.82. The van der Waals surface area contributed by atoms with Crippen LogP contribution in [0.5, 0.6) is 0 Å². The molecule has 2 heterocycles. The Morgan fingerprint density at radius 2 is 2.11 bits per heavy atom. The highest BCUT2D eigenvalue weighted by molar-refractivity contribution is 7.99. The lowest BCUT2D eigenvalue weighted by molar-refractivity contribution is -0.129. The zero-order chi connectivity index (χ0) is 19.7. The maximum absolute atomic E-state index is 14.0. The molecular weight excluding hydrogens is 379 g/mol. The number of nitrogens with zero attached hydrogens (tertiary/aromatic N) is 4. The first-order valence-corrected chi connectivity index (χ1v) is 10.1. The molecule has 0 radical (unpaired) electrons. The SMILES string of the molecule is Cc1occc1-c1nnc(SCC(=O)N(Cc2ccccc2F)C2CC2)n1C. The van der Waals surface area contributed by atoms with Gasteiger partial charge in [0.1, 0.15) is 11.6 Å². The summed E-state index contributed by atoms with van der Waals surface area (Å²) < 4.78 is 21.2. The first kappa shape index (κ1) is 18.7. The number of amides is 1. The van der Waals surface area contributed by atoms with Crippen LogP contribution < -0.4 is 0 Å². The fourth-order valence-electron chi connectivity index (χ4n) is 3.12. The summed E-state index contributed by atoms with van der Waals surface area (Å²) in [5.41, 5.74) is 1.43. The van der Waals surface area contributed by atoms with E-state index < -0.39 is 0 Å². The van der Waals surface area contributed by atoms with E-state index in [9.17, 15) is 9.18 Å². The average Bonchev–Trinajstić information content (AvgIpc) is 3.34. The number of thioether (sulfide) groups is 1. The summed E-state index contributed by atoms with van der Waals surface area (Å²) in [6, 6.07) is 8.66. The first-order valence-electron chi connectivity index (χ1n) is 9.14. The molecule has 146 valence electrons. The highest BCUT2D eigenvalue weighted by Crippen LogP contribution is 2.31. The highest BCUT2D eigenvalue weighted by atomic mass is 32.2. The molecule has 8 heteroatoms. The summed E-state index contributed by atoms with van der Waals surface area (Å²) in [6.45, 7) is 2.17. The van der Waals surface area contributed by atoms with Crippen LogP contribution in [0.4, 0.5) is 4.39 Å². The number of halogens is 1. The number of carbonyl (C=O) groups is 1. The van der Waals surface area contributed by atoms with Crippen LogP contribution in [-0.2, 0) is 18.4 Å². The van der Waals surface area contributed by atoms with Crippen molar-refractivity contribution in [2.75, 3.05) is 5.75 Å². The summed E-state index contributed by atoms with van der Waals surface area (Å²) in [5.74, 6) is 1.42. The Morgan fingerprint density at radius 3 is 2.79 bits per heavy atom. The number of furan rings is 1. The van der Waals surface area contributed by atoms with Gasteiger partial charge in [0.2, 0.25) is 5.91 Å². The zero-order valence-electron chi connectivity index (χ0n) is 15.8. The maximum Gasteiger partial charge on any atom is 0.233 e. The van der Waals surface area contributed by atoms with Gasteiger partial charge < -0.3 is 13.9 Å². The molecule has 1 amide bonds. The molecule has 0 spiro atoms. The lowest BCUT2D eigenvalue weighted by Gasteiger charge is -2.22. The monoisotopic (exact) mass is 400 g/mol. The molecule has 0 aliphatic heterocycles. The zero-order valence-corrected chi connectivity index (χ0v) is 16.6. The molecule has 6 nitrogen and oxygen atoms in total. The second-order valence-corrected chi connectivity index (χ2v) is 7.83. The molecule has 1 aromatic carbocycles. The fourth-order valence-corrected chi connectivity index (χ4v) is 3.92. The van der Waals surface area contributed by atoms with Gasteiger partial charge in [0.15, 0.2) is 11.0 Å². The van der Waals surface area contributed by atoms with Crippen molar-refractivity contribution in [3.8, 4) is 11.4 Å². The predicted molar refractivity (Wildman–Crippen MR) is 104 cm³/mol. The van der Waals surface area contributed by atoms with Crippen LogP contribution in [-0.4, -0.2) is 37.4 Å². The van der Waals surface area contributed by atoms with Gasteiger partial charge in [-0.25, -0.2) is 4.39 Å². The molecule has 3 aromatic rings. The van der Waals surface area contributed by atoms with Crippen LogP contribution in [0.1, 0.15) is 24.2 Å². The van der Waals surface area contributed by atoms with E-state index in [4.69, 9.17) is 4.42 Å². The van der Waals surface area contributed by atoms with E-state index in [0.29, 0.717) is 23.1 Å². The van der Waals surface area contributed by atoms with Crippen molar-refractivity contribution in [2.45, 2.75) is 37.5 Å². The second-order valence-electron chi connectivity index (χ2n) is 6.89. The largest absolute Gasteiger partial charge is 0.469 e. The van der Waals surface area contributed by atoms with Crippen molar-refractivity contribution < 1.29 is 13.6 Å². The highest BCUT2D eigenvalue weighted by Gasteiger charge is 2.33. The molecule has 0 unspecified atom stereocenters. The molecule has 1 aliphatic carbocycles. The number of hydrogen-bond acceptors (Lipinski definition) is 5. The molecule has 0 bridgehead atoms. The summed E-state index contributed by atoms with van der Waals surface area (Å²) in [7, 11) is 1.87. The van der Waals surface area contributed by atoms with Gasteiger partial charge in [-0.15, -0.1) is 10.2 Å². The molecule has 2 aromatic heterocycles. The van der Waals surface area contributed by atoms with Gasteiger partial charge >= 0.3 is 0 Å². The number of benzene rings is 1. The standard InChI is InChI=1S/C20H21FN4O2S/c1-13-16(9-10-27-13)19-22-23-20(24(19)2)28-12-18(26)25(15-7-8-15)11-14-5-3-4-6-17(14)21/h3-6,9-10,15H,7-8,11-12H2,1-2H3. The molecule has 28 heavy (non-hydrogen) atoms. The Labute approximate surface area is 166 Å². The summed E-state index contributed by atoms with van der Waals surface area (Å²) in [5, 5.41) is 9.09. The normalized spacial score (nSPS) is 13.7. The quantitative estimate of drug-likeness (QED) is 0.565. The Hall–Kier alpha value is -2.61. The molecule has 1 fully saturated rings. The summed E-state index contributed by atoms with van der Waals surface area (Å²) in [4.78, 5) is 14.6. The Morgan fingerprint density at radius 1 is 1.32 bits per heavy atom. The molecule has 1 aliphatic rings. The van der Waals surface area contributed by atoms with Gasteiger partial charge in [-0.3, -0.25) is 4.79 Å². The number of hydrogen-bond donors (Lipinski definition) is 0. The fraction of sp³-hybridized carbons (Fsp3) is 0.350. The van der Waals surface area contributed by atoms with Crippen molar-refractivity contribution in [3.05, 3.63) is 53.7 Å². The topological polar surface area (TPSA) is 64.2 Å². The van der Waals surface area contributed by atoms with Gasteiger partial charge in [-0.1, -0.05) is 30.0 Å². The number of aryl methyl sites for hydroxylation is 1. The molecule has 0 saturated heterocycles. The number of rotatable bonds is 7. The van der Waals surface area contributed by atoms with Crippen LogP contribution in [0.3, 0.4) is 0 Å². The van der Waals surface area contributed by atoms with E-state index in [1.54, 1.807) is 29.4 Å². The molecule has 0 N–H and O–H groups in total. The predicted octanol–water partition coefficient (Wildman–Crippen LogP) is 3.81. The minimum absolute atomic E-state index is 0.0141. The number of aromatic nitrogens is 3. The van der Waals surface area contributed by atoms with E-state index in [1.807, 2.05) is 24.6 Å². The van der Waals surface area contributed by atoms with Gasteiger partial charge in [-0.2, -0.15) is 0 Å². The van der Waals surface area contributed by atoms with E-state index in [0.717, 1.165) is 24.2 Å². The van der Waals surface area contributed by atoms with Crippen molar-refractivity contribution in [3.63, 3.8) is 0 Å². The van der Waals surface area contributed by atoms with E-state index in [-0.39, 0.29) is 23.5 Å². The summed E-state index contributed by atoms with van der Waals surface area (Å²) in [6.07, 6.45) is 3.56. The van der Waals surface area contributed by atoms with Crippen molar-refractivity contribution in [2.24, 2.45) is 7.05 Å². The van der Waals surface area contributed by atoms with E-state index in [1.165, 1.54) is 17.8 Å². The van der Waals surface area contributed by atoms with Crippen LogP contribution in [0.15, 0.2) is 46.2 Å². The minimum Gasteiger partial charge on any atom is -0.469 e. The Balaban J connectivity index is 1.44. The Kier molecular flexibility index (Phi) is 5.21. The maximum atomic E-state index is 14.0. The van der Waals surface area contributed by atoms with Crippen LogP contribution >= 0.6 is 11.8 Å². The van der Waals surface area contributed by atoms with Crippen molar-refractivity contribution in [1.82, 2.24) is 19.7 Å². The van der Waals surface area contributed by atoms with E-state index >= 15 is 0 Å². The average molecular weight is 400 g/mol. The number of carbonyl (C=O) groups excluding carboxylic acids is 1. The second kappa shape index (κ2) is 7.79. The summed E-state index contributed by atoms with van der Waals surface area (Å²) >= 11 is 1.34. The molecule has 1 saturated carbocycles. The third-order valence-electron chi connectivity index (χ3n) is 4.87. The van der Waals surface area contributed by atoms with Gasteiger partial charge in [0.05, 0.1) is 17.6 Å². The van der Waals surface area contributed by atoms with Crippen LogP contribution in [0, 0.1) is 12.7 Å². The van der Waals surface area contributed by atoms with Gasteiger partial charge in [-0.05, 0) is 31.9 Å². The smallest absolute Gasteiger partial charge is 0.233 e. The molecule has 4 rings (SSSR count). The van der Waals surface area contributed by atoms with Crippen LogP contribution in [0.25, 0.3) is 11.4 Å². The van der Waals surface area contributed by atoms with Crippen LogP contribution in [0.2, 0.25) is 0 Å².